The Morgan fingerprint density at radius 1 is 1.50 bits per heavy atom. The number of carbonyl (C=O) groups is 1. The third-order valence-electron chi connectivity index (χ3n) is 1.70. The lowest BCUT2D eigenvalue weighted by atomic mass is 10.0. The molecule has 0 aliphatic carbocycles. The minimum atomic E-state index is -0.308. The molecule has 0 atom stereocenters. The van der Waals surface area contributed by atoms with E-state index in [1.807, 2.05) is 0 Å². The first kappa shape index (κ1) is 7.28. The molecule has 1 aliphatic heterocycles. The molecule has 1 aromatic carbocycles. The van der Waals surface area contributed by atoms with Gasteiger partial charge in [0.15, 0.2) is 0 Å². The van der Waals surface area contributed by atoms with E-state index in [2.05, 4.69) is 11.7 Å². The summed E-state index contributed by atoms with van der Waals surface area (Å²) >= 11 is 0. The van der Waals surface area contributed by atoms with Crippen molar-refractivity contribution < 1.29 is 9.18 Å². The molecule has 12 heavy (non-hydrogen) atoms. The molecule has 1 aromatic rings. The van der Waals surface area contributed by atoms with Crippen LogP contribution in [-0.4, -0.2) is 5.91 Å². The number of anilines is 1. The van der Waals surface area contributed by atoms with Gasteiger partial charge in [0.2, 0.25) is 5.91 Å². The highest BCUT2D eigenvalue weighted by molar-refractivity contribution is 5.95. The molecule has 2 rings (SSSR count). The van der Waals surface area contributed by atoms with Crippen LogP contribution in [-0.2, 0) is 4.79 Å². The van der Waals surface area contributed by atoms with Crippen molar-refractivity contribution in [3.63, 3.8) is 0 Å². The monoisotopic (exact) mass is 163 g/mol. The second-order valence-electron chi connectivity index (χ2n) is 2.59. The molecule has 1 heterocycles. The van der Waals surface area contributed by atoms with Gasteiger partial charge in [0, 0.05) is 18.5 Å². The van der Waals surface area contributed by atoms with Crippen molar-refractivity contribution in [3.8, 4) is 0 Å². The summed E-state index contributed by atoms with van der Waals surface area (Å²) in [6.07, 6.45) is 3.01. The molecule has 0 saturated carbocycles. The lowest BCUT2D eigenvalue weighted by Gasteiger charge is -2.15. The summed E-state index contributed by atoms with van der Waals surface area (Å²) in [6, 6.07) is 4.20. The number of rotatable bonds is 0. The van der Waals surface area contributed by atoms with Gasteiger partial charge < -0.3 is 5.32 Å². The number of benzene rings is 1. The van der Waals surface area contributed by atoms with Crippen molar-refractivity contribution in [2.24, 2.45) is 0 Å². The molecule has 3 heteroatoms. The van der Waals surface area contributed by atoms with Gasteiger partial charge in [0.05, 0.1) is 0 Å². The summed E-state index contributed by atoms with van der Waals surface area (Å²) in [7, 11) is 0. The van der Waals surface area contributed by atoms with E-state index in [1.54, 1.807) is 0 Å². The number of amides is 1. The van der Waals surface area contributed by atoms with Crippen LogP contribution in [0.5, 0.6) is 0 Å². The minimum Gasteiger partial charge on any atom is -0.326 e. The average molecular weight is 163 g/mol. The van der Waals surface area contributed by atoms with E-state index in [0.717, 1.165) is 0 Å². The van der Waals surface area contributed by atoms with Gasteiger partial charge in [-0.2, -0.15) is 0 Å². The first-order valence-electron chi connectivity index (χ1n) is 3.59. The molecule has 0 aromatic heterocycles. The van der Waals surface area contributed by atoms with E-state index < -0.39 is 0 Å². The SMILES string of the molecule is O=C1C[C]c2cc(F)ccc2N1. The number of hydrogen-bond donors (Lipinski definition) is 1. The Balaban J connectivity index is 2.43. The highest BCUT2D eigenvalue weighted by Gasteiger charge is 2.14. The Morgan fingerprint density at radius 2 is 2.33 bits per heavy atom. The van der Waals surface area contributed by atoms with E-state index >= 15 is 0 Å². The highest BCUT2D eigenvalue weighted by Crippen LogP contribution is 2.23. The summed E-state index contributed by atoms with van der Waals surface area (Å²) in [4.78, 5) is 10.8. The van der Waals surface area contributed by atoms with E-state index in [4.69, 9.17) is 0 Å². The summed E-state index contributed by atoms with van der Waals surface area (Å²) in [5.74, 6) is -0.411. The minimum absolute atomic E-state index is 0.103. The van der Waals surface area contributed by atoms with Crippen LogP contribution in [0.25, 0.3) is 0 Å². The second kappa shape index (κ2) is 2.59. The quantitative estimate of drug-likeness (QED) is 0.618. The molecule has 0 bridgehead atoms. The number of nitrogens with one attached hydrogen (secondary N) is 1. The molecular weight excluding hydrogens is 157 g/mol. The van der Waals surface area contributed by atoms with E-state index in [1.165, 1.54) is 18.2 Å². The summed E-state index contributed by atoms with van der Waals surface area (Å²) < 4.78 is 12.6. The molecule has 2 nitrogen and oxygen atoms in total. The predicted octanol–water partition coefficient (Wildman–Crippen LogP) is 1.60. The van der Waals surface area contributed by atoms with Crippen molar-refractivity contribution >= 4 is 11.6 Å². The number of fused-ring (bicyclic) bond motifs is 1. The third kappa shape index (κ3) is 1.18. The molecule has 60 valence electrons. The summed E-state index contributed by atoms with van der Waals surface area (Å²) in [6.45, 7) is 0. The van der Waals surface area contributed by atoms with Gasteiger partial charge in [-0.1, -0.05) is 0 Å². The van der Waals surface area contributed by atoms with E-state index in [9.17, 15) is 9.18 Å². The molecule has 0 fully saturated rings. The summed E-state index contributed by atoms with van der Waals surface area (Å²) in [5, 5.41) is 2.62. The maximum atomic E-state index is 12.6. The first-order valence-corrected chi connectivity index (χ1v) is 3.59. The molecule has 1 aliphatic rings. The Kier molecular flexibility index (Phi) is 1.57. The van der Waals surface area contributed by atoms with Crippen LogP contribution in [0.15, 0.2) is 18.2 Å². The van der Waals surface area contributed by atoms with Gasteiger partial charge >= 0.3 is 0 Å². The van der Waals surface area contributed by atoms with Crippen molar-refractivity contribution in [1.29, 1.82) is 0 Å². The molecule has 1 amide bonds. The zero-order valence-electron chi connectivity index (χ0n) is 6.23. The summed E-state index contributed by atoms with van der Waals surface area (Å²) in [5.41, 5.74) is 1.27. The fourth-order valence-electron chi connectivity index (χ4n) is 1.14. The maximum absolute atomic E-state index is 12.6. The fourth-order valence-corrected chi connectivity index (χ4v) is 1.14. The molecule has 0 saturated heterocycles. The Morgan fingerprint density at radius 3 is 3.17 bits per heavy atom. The number of carbonyl (C=O) groups excluding carboxylic acids is 1. The van der Waals surface area contributed by atoms with Crippen LogP contribution < -0.4 is 5.32 Å². The molecule has 0 unspecified atom stereocenters. The smallest absolute Gasteiger partial charge is 0.225 e. The van der Waals surface area contributed by atoms with Crippen molar-refractivity contribution in [1.82, 2.24) is 0 Å². The highest BCUT2D eigenvalue weighted by atomic mass is 19.1. The average Bonchev–Trinajstić information content (AvgIpc) is 2.05. The Hall–Kier alpha value is -1.38. The lowest BCUT2D eigenvalue weighted by molar-refractivity contribution is -0.115. The fraction of sp³-hybridized carbons (Fsp3) is 0.111. The Labute approximate surface area is 69.4 Å². The van der Waals surface area contributed by atoms with Gasteiger partial charge in [-0.05, 0) is 23.8 Å². The maximum Gasteiger partial charge on any atom is 0.225 e. The van der Waals surface area contributed by atoms with Crippen molar-refractivity contribution in [3.05, 3.63) is 36.0 Å². The zero-order valence-corrected chi connectivity index (χ0v) is 6.23. The normalized spacial score (nSPS) is 15.2. The van der Waals surface area contributed by atoms with Crippen LogP contribution in [0.1, 0.15) is 12.0 Å². The largest absolute Gasteiger partial charge is 0.326 e. The molecular formula is C9H6FNO. The molecule has 1 N–H and O–H groups in total. The first-order chi connectivity index (χ1) is 5.75. The van der Waals surface area contributed by atoms with Crippen LogP contribution >= 0.6 is 0 Å². The standard InChI is InChI=1S/C9H6FNO/c10-7-2-3-8-6(5-7)1-4-9(12)11-8/h2-3,5H,4H2,(H,11,12). The zero-order chi connectivity index (χ0) is 8.55. The van der Waals surface area contributed by atoms with Crippen LogP contribution in [0.2, 0.25) is 0 Å². The third-order valence-corrected chi connectivity index (χ3v) is 1.70. The topological polar surface area (TPSA) is 29.1 Å². The second-order valence-corrected chi connectivity index (χ2v) is 2.59. The van der Waals surface area contributed by atoms with Gasteiger partial charge in [-0.25, -0.2) is 4.39 Å². The van der Waals surface area contributed by atoms with Crippen LogP contribution in [0.3, 0.4) is 0 Å². The van der Waals surface area contributed by atoms with Gasteiger partial charge in [0.25, 0.3) is 0 Å². The van der Waals surface area contributed by atoms with E-state index in [-0.39, 0.29) is 18.1 Å². The van der Waals surface area contributed by atoms with Gasteiger partial charge in [-0.15, -0.1) is 0 Å². The van der Waals surface area contributed by atoms with Crippen molar-refractivity contribution in [2.45, 2.75) is 6.42 Å². The molecule has 2 radical (unpaired) electrons. The van der Waals surface area contributed by atoms with E-state index in [0.29, 0.717) is 11.3 Å². The van der Waals surface area contributed by atoms with Crippen LogP contribution in [0, 0.1) is 12.2 Å². The van der Waals surface area contributed by atoms with Crippen molar-refractivity contribution in [2.75, 3.05) is 5.32 Å². The lowest BCUT2D eigenvalue weighted by Crippen LogP contribution is -2.17. The number of hydrogen-bond acceptors (Lipinski definition) is 1. The van der Waals surface area contributed by atoms with Gasteiger partial charge in [0.1, 0.15) is 5.82 Å². The Bertz CT molecular complexity index is 335. The molecule has 0 spiro atoms. The number of halogens is 1. The predicted molar refractivity (Wildman–Crippen MR) is 42.0 cm³/mol. The van der Waals surface area contributed by atoms with Gasteiger partial charge in [-0.3, -0.25) is 4.79 Å². The van der Waals surface area contributed by atoms with Crippen LogP contribution in [0.4, 0.5) is 10.1 Å².